The molecule has 1 atom stereocenters. The third-order valence-corrected chi connectivity index (χ3v) is 4.62. The van der Waals surface area contributed by atoms with E-state index in [1.54, 1.807) is 7.11 Å². The van der Waals surface area contributed by atoms with Gasteiger partial charge in [0.1, 0.15) is 17.3 Å². The summed E-state index contributed by atoms with van der Waals surface area (Å²) in [6.45, 7) is 4.06. The van der Waals surface area contributed by atoms with Gasteiger partial charge in [0.25, 0.3) is 0 Å². The predicted octanol–water partition coefficient (Wildman–Crippen LogP) is 1.60. The summed E-state index contributed by atoms with van der Waals surface area (Å²) in [5, 5.41) is 5.72. The van der Waals surface area contributed by atoms with Crippen molar-refractivity contribution in [2.45, 2.75) is 32.5 Å². The third kappa shape index (κ3) is 5.10. The zero-order chi connectivity index (χ0) is 19.2. The minimum Gasteiger partial charge on any atom is -0.497 e. The van der Waals surface area contributed by atoms with E-state index in [2.05, 4.69) is 10.6 Å². The van der Waals surface area contributed by atoms with Gasteiger partial charge in [0.15, 0.2) is 0 Å². The van der Waals surface area contributed by atoms with Gasteiger partial charge in [-0.05, 0) is 36.8 Å². The first-order valence-corrected chi connectivity index (χ1v) is 9.02. The molecule has 27 heavy (non-hydrogen) atoms. The Kier molecular flexibility index (Phi) is 6.13. The zero-order valence-corrected chi connectivity index (χ0v) is 15.7. The van der Waals surface area contributed by atoms with E-state index >= 15 is 0 Å². The molecule has 0 spiro atoms. The summed E-state index contributed by atoms with van der Waals surface area (Å²) in [6.07, 6.45) is 0.113. The van der Waals surface area contributed by atoms with Crippen LogP contribution in [0.4, 0.5) is 0 Å². The molecule has 0 saturated carbocycles. The van der Waals surface area contributed by atoms with E-state index in [0.29, 0.717) is 26.2 Å². The van der Waals surface area contributed by atoms with E-state index in [1.165, 1.54) is 0 Å². The molecule has 0 bridgehead atoms. The highest BCUT2D eigenvalue weighted by Gasteiger charge is 2.32. The average Bonchev–Trinajstić information content (AvgIpc) is 3.08. The maximum absolute atomic E-state index is 12.4. The van der Waals surface area contributed by atoms with Gasteiger partial charge in [0.05, 0.1) is 26.1 Å². The van der Waals surface area contributed by atoms with Crippen molar-refractivity contribution in [3.8, 4) is 5.75 Å². The molecule has 3 rings (SSSR count). The van der Waals surface area contributed by atoms with Gasteiger partial charge in [0.2, 0.25) is 11.8 Å². The molecule has 1 fully saturated rings. The summed E-state index contributed by atoms with van der Waals surface area (Å²) < 4.78 is 10.7. The molecule has 2 amide bonds. The Morgan fingerprint density at radius 1 is 1.30 bits per heavy atom. The maximum atomic E-state index is 12.4. The van der Waals surface area contributed by atoms with Crippen molar-refractivity contribution in [2.75, 3.05) is 20.2 Å². The Hall–Kier alpha value is -2.80. The van der Waals surface area contributed by atoms with Crippen LogP contribution in [0.2, 0.25) is 0 Å². The number of amides is 2. The van der Waals surface area contributed by atoms with Crippen LogP contribution < -0.4 is 15.4 Å². The number of methoxy groups -OCH3 is 1. The molecular formula is C20H25N3O4. The first-order valence-electron chi connectivity index (χ1n) is 9.02. The van der Waals surface area contributed by atoms with E-state index in [0.717, 1.165) is 22.8 Å². The largest absolute Gasteiger partial charge is 0.497 e. The highest BCUT2D eigenvalue weighted by Crippen LogP contribution is 2.16. The van der Waals surface area contributed by atoms with Crippen molar-refractivity contribution < 1.29 is 18.7 Å². The number of aryl methyl sites for hydroxylation is 1. The van der Waals surface area contributed by atoms with Gasteiger partial charge in [-0.25, -0.2) is 0 Å². The van der Waals surface area contributed by atoms with Gasteiger partial charge < -0.3 is 19.8 Å². The van der Waals surface area contributed by atoms with Crippen molar-refractivity contribution in [1.29, 1.82) is 0 Å². The molecule has 0 aliphatic carbocycles. The maximum Gasteiger partial charge on any atom is 0.237 e. The molecule has 1 aromatic carbocycles. The van der Waals surface area contributed by atoms with Crippen LogP contribution in [0.15, 0.2) is 40.8 Å². The van der Waals surface area contributed by atoms with Crippen LogP contribution in [-0.4, -0.2) is 43.0 Å². The average molecular weight is 371 g/mol. The van der Waals surface area contributed by atoms with Gasteiger partial charge in [-0.2, -0.15) is 0 Å². The van der Waals surface area contributed by atoms with Crippen LogP contribution in [0.5, 0.6) is 5.75 Å². The smallest absolute Gasteiger partial charge is 0.237 e. The summed E-state index contributed by atoms with van der Waals surface area (Å²) in [6, 6.07) is 10.8. The SMILES string of the molecule is COc1ccc(CNC(=O)CC2C(=O)NCCN2Cc2ccc(C)o2)cc1. The van der Waals surface area contributed by atoms with Crippen LogP contribution in [0.1, 0.15) is 23.5 Å². The molecule has 7 heteroatoms. The van der Waals surface area contributed by atoms with Crippen LogP contribution >= 0.6 is 0 Å². The number of carbonyl (C=O) groups is 2. The number of hydrogen-bond acceptors (Lipinski definition) is 5. The van der Waals surface area contributed by atoms with E-state index in [-0.39, 0.29) is 18.2 Å². The number of nitrogens with one attached hydrogen (secondary N) is 2. The van der Waals surface area contributed by atoms with Crippen molar-refractivity contribution in [3.63, 3.8) is 0 Å². The summed E-state index contributed by atoms with van der Waals surface area (Å²) in [5.74, 6) is 2.12. The molecule has 2 N–H and O–H groups in total. The molecule has 1 unspecified atom stereocenters. The lowest BCUT2D eigenvalue weighted by atomic mass is 10.1. The second kappa shape index (κ2) is 8.73. The monoisotopic (exact) mass is 371 g/mol. The van der Waals surface area contributed by atoms with Crippen LogP contribution in [0.25, 0.3) is 0 Å². The third-order valence-electron chi connectivity index (χ3n) is 4.62. The summed E-state index contributed by atoms with van der Waals surface area (Å²) in [4.78, 5) is 26.7. The highest BCUT2D eigenvalue weighted by atomic mass is 16.5. The molecule has 7 nitrogen and oxygen atoms in total. The molecule has 2 heterocycles. The normalized spacial score (nSPS) is 17.4. The topological polar surface area (TPSA) is 83.8 Å². The number of nitrogens with zero attached hydrogens (tertiary/aromatic N) is 1. The van der Waals surface area contributed by atoms with E-state index in [4.69, 9.17) is 9.15 Å². The van der Waals surface area contributed by atoms with Gasteiger partial charge in [-0.15, -0.1) is 0 Å². The lowest BCUT2D eigenvalue weighted by Gasteiger charge is -2.34. The second-order valence-electron chi connectivity index (χ2n) is 6.62. The van der Waals surface area contributed by atoms with E-state index in [9.17, 15) is 9.59 Å². The Bertz CT molecular complexity index is 785. The van der Waals surface area contributed by atoms with Gasteiger partial charge >= 0.3 is 0 Å². The summed E-state index contributed by atoms with van der Waals surface area (Å²) >= 11 is 0. The summed E-state index contributed by atoms with van der Waals surface area (Å²) in [7, 11) is 1.61. The van der Waals surface area contributed by atoms with E-state index < -0.39 is 6.04 Å². The molecule has 0 radical (unpaired) electrons. The highest BCUT2D eigenvalue weighted by molar-refractivity contribution is 5.88. The Morgan fingerprint density at radius 3 is 2.74 bits per heavy atom. The lowest BCUT2D eigenvalue weighted by molar-refractivity contribution is -0.134. The Labute approximate surface area is 158 Å². The summed E-state index contributed by atoms with van der Waals surface area (Å²) in [5.41, 5.74) is 0.972. The molecule has 1 aromatic heterocycles. The van der Waals surface area contributed by atoms with Gasteiger partial charge in [-0.3, -0.25) is 14.5 Å². The first kappa shape index (κ1) is 19.0. The second-order valence-corrected chi connectivity index (χ2v) is 6.62. The zero-order valence-electron chi connectivity index (χ0n) is 15.7. The fourth-order valence-corrected chi connectivity index (χ4v) is 3.14. The van der Waals surface area contributed by atoms with Crippen molar-refractivity contribution in [2.24, 2.45) is 0 Å². The number of carbonyl (C=O) groups excluding carboxylic acids is 2. The number of benzene rings is 1. The predicted molar refractivity (Wildman–Crippen MR) is 100 cm³/mol. The molecular weight excluding hydrogens is 346 g/mol. The fourth-order valence-electron chi connectivity index (χ4n) is 3.14. The van der Waals surface area contributed by atoms with Crippen molar-refractivity contribution in [1.82, 2.24) is 15.5 Å². The minimum atomic E-state index is -0.500. The molecule has 144 valence electrons. The molecule has 1 aliphatic rings. The number of furan rings is 1. The molecule has 1 saturated heterocycles. The van der Waals surface area contributed by atoms with Crippen LogP contribution in [0.3, 0.4) is 0 Å². The van der Waals surface area contributed by atoms with Crippen LogP contribution in [0, 0.1) is 6.92 Å². The fraction of sp³-hybridized carbons (Fsp3) is 0.400. The van der Waals surface area contributed by atoms with Gasteiger partial charge in [0, 0.05) is 19.6 Å². The number of ether oxygens (including phenoxy) is 1. The number of piperazine rings is 1. The molecule has 1 aliphatic heterocycles. The van der Waals surface area contributed by atoms with E-state index in [1.807, 2.05) is 48.2 Å². The van der Waals surface area contributed by atoms with Crippen molar-refractivity contribution in [3.05, 3.63) is 53.5 Å². The van der Waals surface area contributed by atoms with Crippen LogP contribution in [-0.2, 0) is 22.7 Å². The molecule has 2 aromatic rings. The quantitative estimate of drug-likeness (QED) is 0.772. The Morgan fingerprint density at radius 2 is 2.07 bits per heavy atom. The minimum absolute atomic E-state index is 0.113. The number of rotatable bonds is 7. The Balaban J connectivity index is 1.56. The first-order chi connectivity index (χ1) is 13.0. The standard InChI is InChI=1S/C20H25N3O4/c1-14-3-6-17(27-14)13-23-10-9-21-20(25)18(23)11-19(24)22-12-15-4-7-16(26-2)8-5-15/h3-8,18H,9-13H2,1-2H3,(H,21,25)(H,22,24). The van der Waals surface area contributed by atoms with Gasteiger partial charge in [-0.1, -0.05) is 12.1 Å². The lowest BCUT2D eigenvalue weighted by Crippen LogP contribution is -2.56. The number of hydrogen-bond donors (Lipinski definition) is 2. The van der Waals surface area contributed by atoms with Crippen molar-refractivity contribution >= 4 is 11.8 Å².